The first-order chi connectivity index (χ1) is 11.4. The predicted octanol–water partition coefficient (Wildman–Crippen LogP) is 1.11. The average molecular weight is 348 g/mol. The Morgan fingerprint density at radius 2 is 2.12 bits per heavy atom. The van der Waals surface area contributed by atoms with E-state index in [9.17, 15) is 19.5 Å². The van der Waals surface area contributed by atoms with Gasteiger partial charge < -0.3 is 15.2 Å². The number of carbonyl (C=O) groups is 3. The van der Waals surface area contributed by atoms with Crippen molar-refractivity contribution in [3.8, 4) is 0 Å². The van der Waals surface area contributed by atoms with Gasteiger partial charge in [-0.1, -0.05) is 24.8 Å². The molecule has 1 aromatic carbocycles. The van der Waals surface area contributed by atoms with Gasteiger partial charge in [0, 0.05) is 18.4 Å². The van der Waals surface area contributed by atoms with E-state index in [4.69, 9.17) is 4.74 Å². The molecule has 2 unspecified atom stereocenters. The van der Waals surface area contributed by atoms with E-state index >= 15 is 0 Å². The van der Waals surface area contributed by atoms with Gasteiger partial charge in [0.2, 0.25) is 5.72 Å². The third-order valence-corrected chi connectivity index (χ3v) is 4.71. The molecule has 1 aliphatic rings. The number of carboxylic acids is 1. The number of hydrogen-bond acceptors (Lipinski definition) is 6. The SMILES string of the molecule is C=C1CSC(C(C=O)(NC(=O)c2ccccc2)OC)N=C1C(=O)O. The van der Waals surface area contributed by atoms with Crippen molar-refractivity contribution in [1.82, 2.24) is 5.32 Å². The zero-order chi connectivity index (χ0) is 17.7. The molecule has 24 heavy (non-hydrogen) atoms. The fourth-order valence-corrected chi connectivity index (χ4v) is 3.24. The fraction of sp³-hybridized carbons (Fsp3) is 0.250. The van der Waals surface area contributed by atoms with E-state index in [2.05, 4.69) is 16.9 Å². The van der Waals surface area contributed by atoms with E-state index in [0.29, 0.717) is 17.4 Å². The number of rotatable bonds is 6. The summed E-state index contributed by atoms with van der Waals surface area (Å²) in [5, 5.41) is 10.8. The number of aliphatic carboxylic acids is 1. The monoisotopic (exact) mass is 348 g/mol. The lowest BCUT2D eigenvalue weighted by atomic mass is 10.1. The molecule has 0 saturated carbocycles. The Morgan fingerprint density at radius 3 is 2.67 bits per heavy atom. The molecule has 0 bridgehead atoms. The van der Waals surface area contributed by atoms with Crippen LogP contribution in [0.5, 0.6) is 0 Å². The van der Waals surface area contributed by atoms with Crippen LogP contribution in [-0.4, -0.2) is 52.9 Å². The Bertz CT molecular complexity index is 704. The molecule has 1 aliphatic heterocycles. The lowest BCUT2D eigenvalue weighted by Gasteiger charge is -2.35. The van der Waals surface area contributed by atoms with Crippen LogP contribution in [0, 0.1) is 0 Å². The van der Waals surface area contributed by atoms with Crippen LogP contribution in [0.1, 0.15) is 10.4 Å². The van der Waals surface area contributed by atoms with E-state index in [0.717, 1.165) is 11.8 Å². The highest BCUT2D eigenvalue weighted by atomic mass is 32.2. The number of carboxylic acid groups (broad SMARTS) is 1. The van der Waals surface area contributed by atoms with Gasteiger partial charge in [-0.25, -0.2) is 4.79 Å². The number of nitrogens with zero attached hydrogens (tertiary/aromatic N) is 1. The first-order valence-electron chi connectivity index (χ1n) is 6.93. The number of thioether (sulfide) groups is 1. The van der Waals surface area contributed by atoms with Crippen molar-refractivity contribution in [3.05, 3.63) is 48.0 Å². The first kappa shape index (κ1) is 17.9. The molecule has 1 amide bonds. The molecule has 0 radical (unpaired) electrons. The smallest absolute Gasteiger partial charge is 0.354 e. The number of benzene rings is 1. The van der Waals surface area contributed by atoms with Gasteiger partial charge in [0.25, 0.3) is 5.91 Å². The molecule has 2 rings (SSSR count). The van der Waals surface area contributed by atoms with E-state index in [-0.39, 0.29) is 11.5 Å². The van der Waals surface area contributed by atoms with Gasteiger partial charge >= 0.3 is 5.97 Å². The summed E-state index contributed by atoms with van der Waals surface area (Å²) in [4.78, 5) is 39.3. The zero-order valence-corrected chi connectivity index (χ0v) is 13.7. The van der Waals surface area contributed by atoms with E-state index < -0.39 is 23.0 Å². The lowest BCUT2D eigenvalue weighted by Crippen LogP contribution is -2.58. The normalized spacial score (nSPS) is 19.8. The van der Waals surface area contributed by atoms with Crippen LogP contribution in [0.3, 0.4) is 0 Å². The van der Waals surface area contributed by atoms with Crippen LogP contribution in [0.4, 0.5) is 0 Å². The number of aliphatic imine (C=N–C) groups is 1. The standard InChI is InChI=1S/C16H16N2O5S/c1-10-8-24-15(17-12(10)14(21)22)16(9-19,23-2)18-13(20)11-6-4-3-5-7-11/h3-7,9,15H,1,8H2,2H3,(H,18,20)(H,21,22). The summed E-state index contributed by atoms with van der Waals surface area (Å²) in [6, 6.07) is 8.30. The number of nitrogens with one attached hydrogen (secondary N) is 1. The topological polar surface area (TPSA) is 105 Å². The highest BCUT2D eigenvalue weighted by Crippen LogP contribution is 2.31. The Morgan fingerprint density at radius 1 is 1.46 bits per heavy atom. The van der Waals surface area contributed by atoms with Crippen molar-refractivity contribution in [3.63, 3.8) is 0 Å². The molecular weight excluding hydrogens is 332 g/mol. The number of methoxy groups -OCH3 is 1. The number of amides is 1. The summed E-state index contributed by atoms with van der Waals surface area (Å²) >= 11 is 1.16. The molecule has 2 N–H and O–H groups in total. The van der Waals surface area contributed by atoms with Crippen LogP contribution in [0.25, 0.3) is 0 Å². The molecule has 1 heterocycles. The Balaban J connectivity index is 2.34. The number of aldehydes is 1. The maximum atomic E-state index is 12.4. The van der Waals surface area contributed by atoms with Crippen molar-refractivity contribution < 1.29 is 24.2 Å². The van der Waals surface area contributed by atoms with Crippen molar-refractivity contribution in [2.45, 2.75) is 11.1 Å². The summed E-state index contributed by atoms with van der Waals surface area (Å²) < 4.78 is 5.23. The molecule has 0 aliphatic carbocycles. The van der Waals surface area contributed by atoms with Crippen LogP contribution >= 0.6 is 11.8 Å². The number of ether oxygens (including phenoxy) is 1. The van der Waals surface area contributed by atoms with Crippen molar-refractivity contribution in [1.29, 1.82) is 0 Å². The Hall–Kier alpha value is -2.45. The molecule has 7 nitrogen and oxygen atoms in total. The fourth-order valence-electron chi connectivity index (χ4n) is 2.11. The summed E-state index contributed by atoms with van der Waals surface area (Å²) in [6.45, 7) is 3.64. The molecule has 2 atom stereocenters. The maximum Gasteiger partial charge on any atom is 0.354 e. The Labute approximate surface area is 142 Å². The molecule has 0 aromatic heterocycles. The molecule has 0 spiro atoms. The average Bonchev–Trinajstić information content (AvgIpc) is 2.60. The van der Waals surface area contributed by atoms with Gasteiger partial charge in [0.15, 0.2) is 11.7 Å². The molecule has 0 saturated heterocycles. The molecule has 0 fully saturated rings. The summed E-state index contributed by atoms with van der Waals surface area (Å²) in [5.74, 6) is -1.51. The minimum Gasteiger partial charge on any atom is -0.477 e. The van der Waals surface area contributed by atoms with Crippen LogP contribution in [0.15, 0.2) is 47.5 Å². The first-order valence-corrected chi connectivity index (χ1v) is 7.98. The second kappa shape index (κ2) is 7.41. The quantitative estimate of drug-likeness (QED) is 0.589. The lowest BCUT2D eigenvalue weighted by molar-refractivity contribution is -0.131. The minimum absolute atomic E-state index is 0.226. The maximum absolute atomic E-state index is 12.4. The second-order valence-corrected chi connectivity index (χ2v) is 6.05. The van der Waals surface area contributed by atoms with Crippen molar-refractivity contribution in [2.75, 3.05) is 12.9 Å². The third kappa shape index (κ3) is 3.55. The van der Waals surface area contributed by atoms with Crippen LogP contribution in [-0.2, 0) is 14.3 Å². The summed E-state index contributed by atoms with van der Waals surface area (Å²) in [7, 11) is 1.25. The molecule has 1 aromatic rings. The molecule has 8 heteroatoms. The van der Waals surface area contributed by atoms with Crippen molar-refractivity contribution >= 4 is 35.6 Å². The van der Waals surface area contributed by atoms with E-state index in [1.807, 2.05) is 0 Å². The van der Waals surface area contributed by atoms with Gasteiger partial charge in [-0.3, -0.25) is 14.6 Å². The molecule has 126 valence electrons. The predicted molar refractivity (Wildman–Crippen MR) is 90.2 cm³/mol. The second-order valence-electron chi connectivity index (χ2n) is 4.99. The van der Waals surface area contributed by atoms with Gasteiger partial charge in [-0.05, 0) is 17.7 Å². The zero-order valence-electron chi connectivity index (χ0n) is 12.9. The highest BCUT2D eigenvalue weighted by molar-refractivity contribution is 8.00. The van der Waals surface area contributed by atoms with E-state index in [1.54, 1.807) is 30.3 Å². The van der Waals surface area contributed by atoms with Gasteiger partial charge in [-0.15, -0.1) is 11.8 Å². The van der Waals surface area contributed by atoms with Crippen molar-refractivity contribution in [2.24, 2.45) is 4.99 Å². The van der Waals surface area contributed by atoms with Crippen LogP contribution in [0.2, 0.25) is 0 Å². The Kier molecular flexibility index (Phi) is 5.53. The van der Waals surface area contributed by atoms with Crippen LogP contribution < -0.4 is 5.32 Å². The van der Waals surface area contributed by atoms with Gasteiger partial charge in [0.1, 0.15) is 5.71 Å². The summed E-state index contributed by atoms with van der Waals surface area (Å²) in [5.41, 5.74) is -1.32. The summed E-state index contributed by atoms with van der Waals surface area (Å²) in [6.07, 6.45) is 0.419. The number of hydrogen-bond donors (Lipinski definition) is 2. The van der Waals surface area contributed by atoms with E-state index in [1.165, 1.54) is 7.11 Å². The minimum atomic E-state index is -1.78. The van der Waals surface area contributed by atoms with Gasteiger partial charge in [-0.2, -0.15) is 0 Å². The molecular formula is C16H16N2O5S. The number of carbonyl (C=O) groups excluding carboxylic acids is 2. The highest BCUT2D eigenvalue weighted by Gasteiger charge is 2.44. The van der Waals surface area contributed by atoms with Gasteiger partial charge in [0.05, 0.1) is 0 Å². The third-order valence-electron chi connectivity index (χ3n) is 3.42. The largest absolute Gasteiger partial charge is 0.477 e.